The molecule has 1 amide bonds. The van der Waals surface area contributed by atoms with E-state index in [1.54, 1.807) is 0 Å². The third-order valence-electron chi connectivity index (χ3n) is 3.69. The van der Waals surface area contributed by atoms with Crippen molar-refractivity contribution in [3.8, 4) is 0 Å². The van der Waals surface area contributed by atoms with Crippen LogP contribution >= 0.6 is 0 Å². The molecule has 0 bridgehead atoms. The second-order valence-electron chi connectivity index (χ2n) is 5.15. The van der Waals surface area contributed by atoms with Crippen LogP contribution in [-0.2, 0) is 4.79 Å². The van der Waals surface area contributed by atoms with Crippen LogP contribution in [0.3, 0.4) is 0 Å². The number of carbonyl (C=O) groups excluding carboxylic acids is 1. The molecule has 0 unspecified atom stereocenters. The highest BCUT2D eigenvalue weighted by Gasteiger charge is 2.18. The standard InChI is InChI=1S/C15H23N3O/c1-2-18(14-9-7-12(16)8-10-14)11-15(19)17-13-5-3-4-6-13/h7-10,13H,2-6,11,16H2,1H3,(H,17,19). The van der Waals surface area contributed by atoms with E-state index in [1.807, 2.05) is 24.3 Å². The summed E-state index contributed by atoms with van der Waals surface area (Å²) < 4.78 is 0. The Morgan fingerprint density at radius 1 is 1.32 bits per heavy atom. The summed E-state index contributed by atoms with van der Waals surface area (Å²) in [5.74, 6) is 0.116. The number of hydrogen-bond acceptors (Lipinski definition) is 3. The molecule has 4 nitrogen and oxygen atoms in total. The van der Waals surface area contributed by atoms with Gasteiger partial charge in [-0.2, -0.15) is 0 Å². The minimum atomic E-state index is 0.116. The number of hydrogen-bond donors (Lipinski definition) is 2. The molecule has 2 rings (SSSR count). The Balaban J connectivity index is 1.90. The number of benzene rings is 1. The Bertz CT molecular complexity index is 410. The maximum atomic E-state index is 12.0. The van der Waals surface area contributed by atoms with Crippen molar-refractivity contribution in [1.29, 1.82) is 0 Å². The molecule has 1 aliphatic rings. The smallest absolute Gasteiger partial charge is 0.239 e. The molecule has 0 spiro atoms. The maximum absolute atomic E-state index is 12.0. The topological polar surface area (TPSA) is 58.4 Å². The fourth-order valence-corrected chi connectivity index (χ4v) is 2.59. The van der Waals surface area contributed by atoms with E-state index in [1.165, 1.54) is 12.8 Å². The molecule has 0 heterocycles. The number of nitrogens with zero attached hydrogens (tertiary/aromatic N) is 1. The molecule has 0 saturated heterocycles. The molecule has 19 heavy (non-hydrogen) atoms. The Labute approximate surface area is 115 Å². The van der Waals surface area contributed by atoms with Gasteiger partial charge in [0.2, 0.25) is 5.91 Å². The van der Waals surface area contributed by atoms with Gasteiger partial charge in [0.15, 0.2) is 0 Å². The molecule has 3 N–H and O–H groups in total. The van der Waals surface area contributed by atoms with E-state index < -0.39 is 0 Å². The number of anilines is 2. The van der Waals surface area contributed by atoms with Gasteiger partial charge in [-0.3, -0.25) is 4.79 Å². The zero-order chi connectivity index (χ0) is 13.7. The summed E-state index contributed by atoms with van der Waals surface area (Å²) in [7, 11) is 0. The van der Waals surface area contributed by atoms with Crippen LogP contribution in [0.1, 0.15) is 32.6 Å². The van der Waals surface area contributed by atoms with Crippen LogP contribution in [0, 0.1) is 0 Å². The van der Waals surface area contributed by atoms with Crippen molar-refractivity contribution in [3.63, 3.8) is 0 Å². The predicted octanol–water partition coefficient (Wildman–Crippen LogP) is 2.15. The average Bonchev–Trinajstić information content (AvgIpc) is 2.90. The normalized spacial score (nSPS) is 15.4. The van der Waals surface area contributed by atoms with Crippen LogP contribution in [-0.4, -0.2) is 25.0 Å². The van der Waals surface area contributed by atoms with Crippen molar-refractivity contribution in [3.05, 3.63) is 24.3 Å². The second kappa shape index (κ2) is 6.45. The molecule has 0 aliphatic heterocycles. The van der Waals surface area contributed by atoms with E-state index in [9.17, 15) is 4.79 Å². The fraction of sp³-hybridized carbons (Fsp3) is 0.533. The molecular formula is C15H23N3O. The van der Waals surface area contributed by atoms with E-state index in [-0.39, 0.29) is 5.91 Å². The summed E-state index contributed by atoms with van der Waals surface area (Å²) >= 11 is 0. The molecule has 4 heteroatoms. The zero-order valence-electron chi connectivity index (χ0n) is 11.6. The van der Waals surface area contributed by atoms with Crippen LogP contribution in [0.4, 0.5) is 11.4 Å². The van der Waals surface area contributed by atoms with Gasteiger partial charge in [0.25, 0.3) is 0 Å². The van der Waals surface area contributed by atoms with E-state index >= 15 is 0 Å². The van der Waals surface area contributed by atoms with Crippen molar-refractivity contribution in [2.75, 3.05) is 23.7 Å². The van der Waals surface area contributed by atoms with Gasteiger partial charge in [0, 0.05) is 24.0 Å². The SMILES string of the molecule is CCN(CC(=O)NC1CCCC1)c1ccc(N)cc1. The molecule has 1 aromatic rings. The lowest BCUT2D eigenvalue weighted by atomic mass is 10.2. The van der Waals surface area contributed by atoms with E-state index in [4.69, 9.17) is 5.73 Å². The fourth-order valence-electron chi connectivity index (χ4n) is 2.59. The maximum Gasteiger partial charge on any atom is 0.239 e. The lowest BCUT2D eigenvalue weighted by Crippen LogP contribution is -2.41. The van der Waals surface area contributed by atoms with Crippen molar-refractivity contribution < 1.29 is 4.79 Å². The van der Waals surface area contributed by atoms with Gasteiger partial charge in [0.05, 0.1) is 6.54 Å². The molecule has 1 saturated carbocycles. The molecule has 0 radical (unpaired) electrons. The number of nitrogens with two attached hydrogens (primary N) is 1. The molecule has 1 aromatic carbocycles. The number of rotatable bonds is 5. The minimum absolute atomic E-state index is 0.116. The van der Waals surface area contributed by atoms with E-state index in [2.05, 4.69) is 17.1 Å². The first kappa shape index (κ1) is 13.7. The molecular weight excluding hydrogens is 238 g/mol. The number of likely N-dealkylation sites (N-methyl/N-ethyl adjacent to an activating group) is 1. The molecule has 1 aliphatic carbocycles. The highest BCUT2D eigenvalue weighted by molar-refractivity contribution is 5.81. The monoisotopic (exact) mass is 261 g/mol. The number of carbonyl (C=O) groups is 1. The van der Waals surface area contributed by atoms with Crippen LogP contribution in [0.15, 0.2) is 24.3 Å². The molecule has 0 aromatic heterocycles. The van der Waals surface area contributed by atoms with Crippen molar-refractivity contribution in [1.82, 2.24) is 5.32 Å². The Morgan fingerprint density at radius 2 is 1.95 bits per heavy atom. The summed E-state index contributed by atoms with van der Waals surface area (Å²) in [6.45, 7) is 3.28. The van der Waals surface area contributed by atoms with Gasteiger partial charge >= 0.3 is 0 Å². The Kier molecular flexibility index (Phi) is 4.66. The van der Waals surface area contributed by atoms with Gasteiger partial charge in [-0.1, -0.05) is 12.8 Å². The number of nitrogens with one attached hydrogen (secondary N) is 1. The quantitative estimate of drug-likeness (QED) is 0.799. The summed E-state index contributed by atoms with van der Waals surface area (Å²) in [6, 6.07) is 8.04. The number of amides is 1. The van der Waals surface area contributed by atoms with Crippen LogP contribution in [0.25, 0.3) is 0 Å². The number of nitrogen functional groups attached to an aromatic ring is 1. The summed E-state index contributed by atoms with van der Waals surface area (Å²) in [5.41, 5.74) is 7.47. The lowest BCUT2D eigenvalue weighted by Gasteiger charge is -2.23. The zero-order valence-corrected chi connectivity index (χ0v) is 11.6. The first-order valence-electron chi connectivity index (χ1n) is 7.09. The lowest BCUT2D eigenvalue weighted by molar-refractivity contribution is -0.120. The molecule has 0 atom stereocenters. The van der Waals surface area contributed by atoms with E-state index in [0.717, 1.165) is 30.8 Å². The summed E-state index contributed by atoms with van der Waals surface area (Å²) in [6.07, 6.45) is 4.72. The van der Waals surface area contributed by atoms with Gasteiger partial charge in [0.1, 0.15) is 0 Å². The van der Waals surface area contributed by atoms with Crippen LogP contribution < -0.4 is 16.0 Å². The second-order valence-corrected chi connectivity index (χ2v) is 5.15. The first-order chi connectivity index (χ1) is 9.19. The molecule has 1 fully saturated rings. The largest absolute Gasteiger partial charge is 0.399 e. The van der Waals surface area contributed by atoms with Crippen molar-refractivity contribution in [2.24, 2.45) is 0 Å². The third kappa shape index (κ3) is 3.88. The third-order valence-corrected chi connectivity index (χ3v) is 3.69. The van der Waals surface area contributed by atoms with E-state index in [0.29, 0.717) is 12.6 Å². The van der Waals surface area contributed by atoms with Crippen LogP contribution in [0.2, 0.25) is 0 Å². The summed E-state index contributed by atoms with van der Waals surface area (Å²) in [5, 5.41) is 3.12. The van der Waals surface area contributed by atoms with Crippen molar-refractivity contribution in [2.45, 2.75) is 38.6 Å². The Hall–Kier alpha value is -1.71. The highest BCUT2D eigenvalue weighted by atomic mass is 16.2. The Morgan fingerprint density at radius 3 is 2.53 bits per heavy atom. The molecule has 104 valence electrons. The van der Waals surface area contributed by atoms with Gasteiger partial charge < -0.3 is 16.0 Å². The van der Waals surface area contributed by atoms with Gasteiger partial charge in [-0.25, -0.2) is 0 Å². The minimum Gasteiger partial charge on any atom is -0.399 e. The average molecular weight is 261 g/mol. The van der Waals surface area contributed by atoms with Crippen LogP contribution in [0.5, 0.6) is 0 Å². The first-order valence-corrected chi connectivity index (χ1v) is 7.09. The van der Waals surface area contributed by atoms with Gasteiger partial charge in [-0.05, 0) is 44.0 Å². The van der Waals surface area contributed by atoms with Gasteiger partial charge in [-0.15, -0.1) is 0 Å². The summed E-state index contributed by atoms with van der Waals surface area (Å²) in [4.78, 5) is 14.1. The van der Waals surface area contributed by atoms with Crippen molar-refractivity contribution >= 4 is 17.3 Å². The highest BCUT2D eigenvalue weighted by Crippen LogP contribution is 2.18. The predicted molar refractivity (Wildman–Crippen MR) is 79.1 cm³/mol.